The third-order valence-corrected chi connectivity index (χ3v) is 17.4. The summed E-state index contributed by atoms with van der Waals surface area (Å²) in [6, 6.07) is -1.03. The highest BCUT2D eigenvalue weighted by atomic mass is 16.7. The quantitative estimate of drug-likeness (QED) is 0.0195. The number of carbonyl (C=O) groups is 2. The van der Waals surface area contributed by atoms with Crippen molar-refractivity contribution >= 4 is 11.9 Å². The summed E-state index contributed by atoms with van der Waals surface area (Å²) in [5, 5.41) is 57.3. The van der Waals surface area contributed by atoms with Gasteiger partial charge < -0.3 is 45.1 Å². The summed E-state index contributed by atoms with van der Waals surface area (Å²) in [7, 11) is 0. The Kier molecular flexibility index (Phi) is 60.1. The lowest BCUT2D eigenvalue weighted by molar-refractivity contribution is -0.305. The van der Waals surface area contributed by atoms with E-state index in [-0.39, 0.29) is 13.0 Å². The van der Waals surface area contributed by atoms with Gasteiger partial charge >= 0.3 is 5.97 Å². The Balaban J connectivity index is 2.56. The molecule has 1 rings (SSSR count). The van der Waals surface area contributed by atoms with Crippen molar-refractivity contribution in [1.82, 2.24) is 5.32 Å². The van der Waals surface area contributed by atoms with Crippen LogP contribution in [0.4, 0.5) is 0 Å². The number of aliphatic hydroxyl groups excluding tert-OH is 5. The van der Waals surface area contributed by atoms with Crippen LogP contribution in [-0.4, -0.2) is 99.6 Å². The first-order valence-corrected chi connectivity index (χ1v) is 37.1. The smallest absolute Gasteiger partial charge is 0.306 e. The van der Waals surface area contributed by atoms with Crippen LogP contribution in [-0.2, 0) is 23.8 Å². The van der Waals surface area contributed by atoms with Crippen molar-refractivity contribution in [3.8, 4) is 0 Å². The highest BCUT2D eigenvalue weighted by Crippen LogP contribution is 2.26. The monoisotopic (exact) mass is 1230 g/mol. The Morgan fingerprint density at radius 1 is 0.448 bits per heavy atom. The minimum absolute atomic E-state index is 0.109. The molecular weight excluding hydrogens is 1090 g/mol. The fourth-order valence-corrected chi connectivity index (χ4v) is 11.5. The summed E-state index contributed by atoms with van der Waals surface area (Å²) in [6.45, 7) is 5.80. The predicted molar refractivity (Wildman–Crippen MR) is 366 cm³/mol. The van der Waals surface area contributed by atoms with Crippen LogP contribution < -0.4 is 5.32 Å². The summed E-state index contributed by atoms with van der Waals surface area (Å²) in [4.78, 5) is 26.7. The largest absolute Gasteiger partial charge is 0.454 e. The zero-order valence-electron chi connectivity index (χ0n) is 56.6. The van der Waals surface area contributed by atoms with Crippen molar-refractivity contribution < 1.29 is 49.3 Å². The molecule has 8 atom stereocenters. The molecule has 0 radical (unpaired) electrons. The van der Waals surface area contributed by atoms with Crippen LogP contribution in [0.2, 0.25) is 0 Å². The van der Waals surface area contributed by atoms with Crippen molar-refractivity contribution in [3.05, 3.63) is 60.8 Å². The molecule has 87 heavy (non-hydrogen) atoms. The lowest BCUT2D eigenvalue weighted by atomic mass is 9.99. The average Bonchev–Trinajstić information content (AvgIpc) is 2.51. The second kappa shape index (κ2) is 63.5. The van der Waals surface area contributed by atoms with E-state index in [1.165, 1.54) is 212 Å². The lowest BCUT2D eigenvalue weighted by Gasteiger charge is -2.41. The Bertz CT molecular complexity index is 1650. The maximum absolute atomic E-state index is 13.5. The van der Waals surface area contributed by atoms with Gasteiger partial charge in [0.1, 0.15) is 24.4 Å². The normalized spacial score (nSPS) is 18.6. The summed E-state index contributed by atoms with van der Waals surface area (Å²) < 4.78 is 17.7. The predicted octanol–water partition coefficient (Wildman–Crippen LogP) is 19.3. The topological polar surface area (TPSA) is 175 Å². The van der Waals surface area contributed by atoms with Gasteiger partial charge in [0, 0.05) is 6.42 Å². The number of aliphatic hydroxyl groups is 5. The minimum Gasteiger partial charge on any atom is -0.454 e. The number of esters is 1. The van der Waals surface area contributed by atoms with Crippen molar-refractivity contribution in [2.24, 2.45) is 0 Å². The van der Waals surface area contributed by atoms with Crippen LogP contribution >= 0.6 is 0 Å². The zero-order valence-corrected chi connectivity index (χ0v) is 56.6. The van der Waals surface area contributed by atoms with Crippen LogP contribution in [0.5, 0.6) is 0 Å². The number of unbranched alkanes of at least 4 members (excludes halogenated alkanes) is 42. The lowest BCUT2D eigenvalue weighted by Crippen LogP contribution is -2.61. The molecule has 6 N–H and O–H groups in total. The Hall–Kier alpha value is -2.64. The van der Waals surface area contributed by atoms with Crippen molar-refractivity contribution in [2.45, 2.75) is 397 Å². The number of amides is 1. The SMILES string of the molecule is CCCCC/C=C\C/C=C\C/C=C\CCCCCCCCC(=O)OC1C(OCC(NC(=O)C(O)CCCCCCCCCCCCCCCCCC/C=C/CCCCCCCC)C(O)/C=C/CCCCCCCCCCCCC)OC(CO)C(O)C1O. The first kappa shape index (κ1) is 82.4. The Morgan fingerprint density at radius 3 is 1.22 bits per heavy atom. The molecule has 0 spiro atoms. The standard InChI is InChI=1S/C76H139NO10/c1-4-7-10-13-16-19-22-25-27-29-31-32-33-34-35-36-37-39-40-42-45-48-51-54-57-60-63-69(80)75(84)77-67(68(79)62-59-56-53-50-47-44-24-21-18-15-12-9-6-3)66-85-76-74(73(83)72(82)70(65-78)86-76)87-71(81)64-61-58-55-52-49-46-43-41-38-30-28-26-23-20-17-14-11-8-5-2/h17,20,25-28,38,41,59,62,67-70,72-74,76,78-80,82-83H,4-16,18-19,21-24,29-37,39-40,42-58,60-61,63-66H2,1-3H3,(H,77,84)/b20-17-,27-25+,28-26-,41-38-,62-59+. The Morgan fingerprint density at radius 2 is 0.793 bits per heavy atom. The summed E-state index contributed by atoms with van der Waals surface area (Å²) in [5.74, 6) is -1.20. The van der Waals surface area contributed by atoms with Crippen LogP contribution in [0, 0.1) is 0 Å². The van der Waals surface area contributed by atoms with Gasteiger partial charge in [-0.2, -0.15) is 0 Å². The van der Waals surface area contributed by atoms with E-state index in [1.54, 1.807) is 6.08 Å². The molecule has 1 amide bonds. The maximum Gasteiger partial charge on any atom is 0.306 e. The van der Waals surface area contributed by atoms with E-state index in [9.17, 15) is 35.1 Å². The van der Waals surface area contributed by atoms with E-state index in [0.717, 1.165) is 89.9 Å². The van der Waals surface area contributed by atoms with Gasteiger partial charge in [0.05, 0.1) is 25.4 Å². The highest BCUT2D eigenvalue weighted by Gasteiger charge is 2.47. The first-order valence-electron chi connectivity index (χ1n) is 37.1. The molecule has 1 heterocycles. The second-order valence-corrected chi connectivity index (χ2v) is 25.7. The molecular formula is C76H139NO10. The molecule has 11 heteroatoms. The molecule has 0 aromatic heterocycles. The van der Waals surface area contributed by atoms with Crippen LogP contribution in [0.3, 0.4) is 0 Å². The van der Waals surface area contributed by atoms with Gasteiger partial charge in [0.25, 0.3) is 0 Å². The van der Waals surface area contributed by atoms with Gasteiger partial charge in [-0.3, -0.25) is 9.59 Å². The maximum atomic E-state index is 13.5. The van der Waals surface area contributed by atoms with E-state index >= 15 is 0 Å². The van der Waals surface area contributed by atoms with Gasteiger partial charge in [-0.15, -0.1) is 0 Å². The number of nitrogens with one attached hydrogen (secondary N) is 1. The molecule has 0 saturated carbocycles. The van der Waals surface area contributed by atoms with E-state index in [2.05, 4.69) is 74.7 Å². The molecule has 508 valence electrons. The number of hydrogen-bond acceptors (Lipinski definition) is 10. The fraction of sp³-hybridized carbons (Fsp3) is 0.842. The first-order chi connectivity index (χ1) is 42.7. The number of carbonyl (C=O) groups excluding carboxylic acids is 2. The van der Waals surface area contributed by atoms with Gasteiger partial charge in [0.15, 0.2) is 12.4 Å². The fourth-order valence-electron chi connectivity index (χ4n) is 11.5. The van der Waals surface area contributed by atoms with E-state index < -0.39 is 67.4 Å². The van der Waals surface area contributed by atoms with E-state index in [1.807, 2.05) is 6.08 Å². The molecule has 1 aliphatic rings. The molecule has 1 aliphatic heterocycles. The highest BCUT2D eigenvalue weighted by molar-refractivity contribution is 5.80. The molecule has 11 nitrogen and oxygen atoms in total. The molecule has 0 aromatic rings. The van der Waals surface area contributed by atoms with Crippen molar-refractivity contribution in [3.63, 3.8) is 0 Å². The number of ether oxygens (including phenoxy) is 3. The van der Waals surface area contributed by atoms with E-state index in [4.69, 9.17) is 14.2 Å². The third kappa shape index (κ3) is 50.7. The molecule has 8 unspecified atom stereocenters. The summed E-state index contributed by atoms with van der Waals surface area (Å²) in [5.41, 5.74) is 0. The van der Waals surface area contributed by atoms with Gasteiger partial charge in [-0.25, -0.2) is 0 Å². The van der Waals surface area contributed by atoms with Gasteiger partial charge in [-0.1, -0.05) is 313 Å². The summed E-state index contributed by atoms with van der Waals surface area (Å²) >= 11 is 0. The van der Waals surface area contributed by atoms with Gasteiger partial charge in [-0.05, 0) is 89.9 Å². The summed E-state index contributed by atoms with van der Waals surface area (Å²) in [6.07, 6.45) is 71.2. The Labute approximate surface area is 535 Å². The van der Waals surface area contributed by atoms with Crippen LogP contribution in [0.1, 0.15) is 348 Å². The van der Waals surface area contributed by atoms with Crippen LogP contribution in [0.25, 0.3) is 0 Å². The third-order valence-electron chi connectivity index (χ3n) is 17.4. The van der Waals surface area contributed by atoms with Crippen LogP contribution in [0.15, 0.2) is 60.8 Å². The minimum atomic E-state index is -1.62. The van der Waals surface area contributed by atoms with Crippen molar-refractivity contribution in [2.75, 3.05) is 13.2 Å². The van der Waals surface area contributed by atoms with Gasteiger partial charge in [0.2, 0.25) is 5.91 Å². The molecule has 0 aliphatic carbocycles. The molecule has 1 fully saturated rings. The number of allylic oxidation sites excluding steroid dienone is 9. The molecule has 0 aromatic carbocycles. The molecule has 1 saturated heterocycles. The van der Waals surface area contributed by atoms with E-state index in [0.29, 0.717) is 19.3 Å². The second-order valence-electron chi connectivity index (χ2n) is 25.7. The molecule has 0 bridgehead atoms. The average molecular weight is 1230 g/mol. The zero-order chi connectivity index (χ0) is 63.1. The number of hydrogen-bond donors (Lipinski definition) is 6. The van der Waals surface area contributed by atoms with Crippen molar-refractivity contribution in [1.29, 1.82) is 0 Å². The number of rotatable bonds is 64.